The average molecular weight is 314 g/mol. The molecule has 0 atom stereocenters. The minimum Gasteiger partial charge on any atom is -0.466 e. The van der Waals surface area contributed by atoms with E-state index in [-0.39, 0.29) is 0 Å². The number of nitrogens with zero attached hydrogens (tertiary/aromatic N) is 3. The molecule has 2 heterocycles. The van der Waals surface area contributed by atoms with Gasteiger partial charge in [0.1, 0.15) is 10.9 Å². The van der Waals surface area contributed by atoms with Crippen molar-refractivity contribution in [3.8, 4) is 17.7 Å². The number of fused-ring (bicyclic) bond motifs is 1. The van der Waals surface area contributed by atoms with E-state index in [9.17, 15) is 0 Å². The van der Waals surface area contributed by atoms with Crippen molar-refractivity contribution in [2.45, 2.75) is 19.6 Å². The number of aliphatic imine (C=N–C) groups is 1. The molecule has 1 aliphatic heterocycles. The standard InChI is InChI=1S/C16H12ClN3O2/c1-16(2)20-15(21-14-5-3-4-13(17)19-14)11-8-10(9-18)6-7-12(11)22-16/h3-8H,1-2H3. The SMILES string of the molecule is CC1(C)N=C(Oc2cccc(Cl)n2)c2cc(C#N)ccc2O1. The summed E-state index contributed by atoms with van der Waals surface area (Å²) in [6, 6.07) is 12.3. The Morgan fingerprint density at radius 3 is 2.82 bits per heavy atom. The lowest BCUT2D eigenvalue weighted by Gasteiger charge is -2.29. The van der Waals surface area contributed by atoms with Crippen molar-refractivity contribution in [3.63, 3.8) is 0 Å². The van der Waals surface area contributed by atoms with Crippen molar-refractivity contribution < 1.29 is 9.47 Å². The van der Waals surface area contributed by atoms with Crippen LogP contribution in [0, 0.1) is 11.3 Å². The van der Waals surface area contributed by atoms with E-state index in [1.807, 2.05) is 13.8 Å². The number of benzene rings is 1. The van der Waals surface area contributed by atoms with Crippen LogP contribution in [-0.4, -0.2) is 16.6 Å². The Balaban J connectivity index is 2.05. The van der Waals surface area contributed by atoms with Crippen LogP contribution in [0.1, 0.15) is 25.0 Å². The van der Waals surface area contributed by atoms with Gasteiger partial charge in [-0.2, -0.15) is 5.26 Å². The van der Waals surface area contributed by atoms with E-state index >= 15 is 0 Å². The fraction of sp³-hybridized carbons (Fsp3) is 0.188. The Labute approximate surface area is 132 Å². The molecule has 3 rings (SSSR count). The first-order valence-corrected chi connectivity index (χ1v) is 6.98. The van der Waals surface area contributed by atoms with Gasteiger partial charge in [0, 0.05) is 6.07 Å². The molecule has 1 aliphatic rings. The first-order valence-electron chi connectivity index (χ1n) is 6.61. The Hall–Kier alpha value is -2.58. The summed E-state index contributed by atoms with van der Waals surface area (Å²) in [5.41, 5.74) is 0.340. The number of ether oxygens (including phenoxy) is 2. The van der Waals surface area contributed by atoms with E-state index in [2.05, 4.69) is 16.0 Å². The zero-order valence-electron chi connectivity index (χ0n) is 12.0. The number of pyridine rings is 1. The Kier molecular flexibility index (Phi) is 3.47. The minimum atomic E-state index is -0.769. The maximum absolute atomic E-state index is 9.05. The molecule has 0 bridgehead atoms. The summed E-state index contributed by atoms with van der Waals surface area (Å²) in [6.45, 7) is 3.64. The zero-order valence-corrected chi connectivity index (χ0v) is 12.8. The summed E-state index contributed by atoms with van der Waals surface area (Å²) in [4.78, 5) is 8.52. The summed E-state index contributed by atoms with van der Waals surface area (Å²) < 4.78 is 11.5. The molecule has 110 valence electrons. The third-order valence-electron chi connectivity index (χ3n) is 2.96. The normalized spacial score (nSPS) is 15.1. The van der Waals surface area contributed by atoms with E-state index in [0.717, 1.165) is 0 Å². The molecule has 5 nitrogen and oxygen atoms in total. The van der Waals surface area contributed by atoms with Gasteiger partial charge in [-0.05, 0) is 38.1 Å². The Bertz CT molecular complexity index is 809. The van der Waals surface area contributed by atoms with Gasteiger partial charge in [-0.15, -0.1) is 0 Å². The molecule has 0 aliphatic carbocycles. The topological polar surface area (TPSA) is 67.5 Å². The molecule has 0 radical (unpaired) electrons. The lowest BCUT2D eigenvalue weighted by atomic mass is 10.1. The monoisotopic (exact) mass is 313 g/mol. The highest BCUT2D eigenvalue weighted by Gasteiger charge is 2.30. The predicted octanol–water partition coefficient (Wildman–Crippen LogP) is 3.56. The van der Waals surface area contributed by atoms with Crippen LogP contribution in [0.15, 0.2) is 41.4 Å². The first-order chi connectivity index (χ1) is 10.5. The average Bonchev–Trinajstić information content (AvgIpc) is 2.46. The molecule has 0 unspecified atom stereocenters. The van der Waals surface area contributed by atoms with Crippen LogP contribution in [-0.2, 0) is 0 Å². The van der Waals surface area contributed by atoms with Crippen molar-refractivity contribution in [1.29, 1.82) is 5.26 Å². The lowest BCUT2D eigenvalue weighted by molar-refractivity contribution is 0.112. The van der Waals surface area contributed by atoms with Crippen LogP contribution < -0.4 is 9.47 Å². The lowest BCUT2D eigenvalue weighted by Crippen LogP contribution is -2.34. The maximum atomic E-state index is 9.05. The van der Waals surface area contributed by atoms with Crippen molar-refractivity contribution in [2.75, 3.05) is 0 Å². The number of hydrogen-bond donors (Lipinski definition) is 0. The molecule has 2 aromatic rings. The number of nitriles is 1. The summed E-state index contributed by atoms with van der Waals surface area (Å²) in [6.07, 6.45) is 0. The van der Waals surface area contributed by atoms with Gasteiger partial charge < -0.3 is 9.47 Å². The van der Waals surface area contributed by atoms with E-state index in [1.54, 1.807) is 36.4 Å². The van der Waals surface area contributed by atoms with Crippen LogP contribution in [0.3, 0.4) is 0 Å². The second kappa shape index (κ2) is 5.32. The quantitative estimate of drug-likeness (QED) is 0.755. The van der Waals surface area contributed by atoms with Gasteiger partial charge in [0.25, 0.3) is 0 Å². The molecule has 0 amide bonds. The summed E-state index contributed by atoms with van der Waals surface area (Å²) >= 11 is 5.87. The molecule has 0 fully saturated rings. The number of rotatable bonds is 1. The van der Waals surface area contributed by atoms with Gasteiger partial charge >= 0.3 is 0 Å². The van der Waals surface area contributed by atoms with E-state index in [0.29, 0.717) is 33.8 Å². The highest BCUT2D eigenvalue weighted by atomic mass is 35.5. The van der Waals surface area contributed by atoms with Crippen molar-refractivity contribution in [1.82, 2.24) is 4.98 Å². The highest BCUT2D eigenvalue weighted by molar-refractivity contribution is 6.29. The van der Waals surface area contributed by atoms with Crippen LogP contribution in [0.2, 0.25) is 5.15 Å². The van der Waals surface area contributed by atoms with Crippen LogP contribution in [0.25, 0.3) is 0 Å². The molecule has 0 saturated carbocycles. The highest BCUT2D eigenvalue weighted by Crippen LogP contribution is 2.31. The molecule has 0 spiro atoms. The van der Waals surface area contributed by atoms with E-state index in [1.165, 1.54) is 0 Å². The minimum absolute atomic E-state index is 0.329. The second-order valence-electron chi connectivity index (χ2n) is 5.19. The zero-order chi connectivity index (χ0) is 15.7. The van der Waals surface area contributed by atoms with Crippen LogP contribution >= 0.6 is 11.6 Å². The van der Waals surface area contributed by atoms with Crippen molar-refractivity contribution in [3.05, 3.63) is 52.7 Å². The molecule has 1 aromatic carbocycles. The van der Waals surface area contributed by atoms with Gasteiger partial charge in [0.15, 0.2) is 5.72 Å². The smallest absolute Gasteiger partial charge is 0.231 e. The third kappa shape index (κ3) is 2.87. The van der Waals surface area contributed by atoms with E-state index < -0.39 is 5.72 Å². The largest absolute Gasteiger partial charge is 0.466 e. The first kappa shape index (κ1) is 14.4. The molecular weight excluding hydrogens is 302 g/mol. The number of hydrogen-bond acceptors (Lipinski definition) is 5. The summed E-state index contributed by atoms with van der Waals surface area (Å²) in [5.74, 6) is 1.28. The maximum Gasteiger partial charge on any atom is 0.231 e. The third-order valence-corrected chi connectivity index (χ3v) is 3.17. The van der Waals surface area contributed by atoms with E-state index in [4.69, 9.17) is 26.3 Å². The number of aromatic nitrogens is 1. The van der Waals surface area contributed by atoms with Crippen molar-refractivity contribution >= 4 is 17.5 Å². The second-order valence-corrected chi connectivity index (χ2v) is 5.58. The fourth-order valence-corrected chi connectivity index (χ4v) is 2.23. The summed E-state index contributed by atoms with van der Waals surface area (Å²) in [7, 11) is 0. The van der Waals surface area contributed by atoms with Crippen LogP contribution in [0.5, 0.6) is 11.6 Å². The molecule has 6 heteroatoms. The van der Waals surface area contributed by atoms with Gasteiger partial charge in [0.2, 0.25) is 11.8 Å². The Morgan fingerprint density at radius 1 is 1.27 bits per heavy atom. The fourth-order valence-electron chi connectivity index (χ4n) is 2.08. The summed E-state index contributed by atoms with van der Waals surface area (Å²) in [5, 5.41) is 9.38. The van der Waals surface area contributed by atoms with Crippen LogP contribution in [0.4, 0.5) is 0 Å². The van der Waals surface area contributed by atoms with Crippen molar-refractivity contribution in [2.24, 2.45) is 4.99 Å². The Morgan fingerprint density at radius 2 is 2.09 bits per heavy atom. The molecule has 1 aromatic heterocycles. The van der Waals surface area contributed by atoms with Gasteiger partial charge in [-0.3, -0.25) is 0 Å². The molecule has 0 saturated heterocycles. The van der Waals surface area contributed by atoms with Gasteiger partial charge in [0.05, 0.1) is 17.2 Å². The van der Waals surface area contributed by atoms with Gasteiger partial charge in [-0.25, -0.2) is 9.98 Å². The molecule has 0 N–H and O–H groups in total. The molecular formula is C16H12ClN3O2. The van der Waals surface area contributed by atoms with Gasteiger partial charge in [-0.1, -0.05) is 17.7 Å². The molecule has 22 heavy (non-hydrogen) atoms. The predicted molar refractivity (Wildman–Crippen MR) is 82.3 cm³/mol. The number of halogens is 1.